The SMILES string of the molecule is CCOC(=O)c1ccccc1NCCC(=O)Nc1cc(C)cc(C)c1. The fourth-order valence-electron chi connectivity index (χ4n) is 2.61. The summed E-state index contributed by atoms with van der Waals surface area (Å²) in [4.78, 5) is 24.0. The minimum atomic E-state index is -0.370. The molecule has 132 valence electrons. The number of carbonyl (C=O) groups excluding carboxylic acids is 2. The van der Waals surface area contributed by atoms with Crippen molar-refractivity contribution >= 4 is 23.3 Å². The van der Waals surface area contributed by atoms with Crippen molar-refractivity contribution in [2.45, 2.75) is 27.2 Å². The lowest BCUT2D eigenvalue weighted by Crippen LogP contribution is -2.17. The molecule has 0 aliphatic heterocycles. The Morgan fingerprint density at radius 1 is 1.04 bits per heavy atom. The topological polar surface area (TPSA) is 67.4 Å². The Hall–Kier alpha value is -2.82. The van der Waals surface area contributed by atoms with Crippen LogP contribution in [0.1, 0.15) is 34.8 Å². The highest BCUT2D eigenvalue weighted by atomic mass is 16.5. The lowest BCUT2D eigenvalue weighted by molar-refractivity contribution is -0.115. The van der Waals surface area contributed by atoms with Gasteiger partial charge >= 0.3 is 5.97 Å². The monoisotopic (exact) mass is 340 g/mol. The fraction of sp³-hybridized carbons (Fsp3) is 0.300. The van der Waals surface area contributed by atoms with Crippen molar-refractivity contribution in [1.82, 2.24) is 0 Å². The van der Waals surface area contributed by atoms with Gasteiger partial charge in [-0.15, -0.1) is 0 Å². The van der Waals surface area contributed by atoms with Crippen molar-refractivity contribution in [1.29, 1.82) is 0 Å². The molecule has 0 bridgehead atoms. The van der Waals surface area contributed by atoms with E-state index in [4.69, 9.17) is 4.74 Å². The third-order valence-corrected chi connectivity index (χ3v) is 3.60. The number of carbonyl (C=O) groups is 2. The van der Waals surface area contributed by atoms with E-state index in [1.165, 1.54) is 0 Å². The van der Waals surface area contributed by atoms with Crippen LogP contribution in [0.2, 0.25) is 0 Å². The maximum absolute atomic E-state index is 12.1. The third kappa shape index (κ3) is 5.64. The highest BCUT2D eigenvalue weighted by molar-refractivity contribution is 5.96. The first-order valence-corrected chi connectivity index (χ1v) is 8.37. The lowest BCUT2D eigenvalue weighted by atomic mass is 10.1. The summed E-state index contributed by atoms with van der Waals surface area (Å²) in [5.41, 5.74) is 4.15. The van der Waals surface area contributed by atoms with E-state index in [-0.39, 0.29) is 11.9 Å². The molecular weight excluding hydrogens is 316 g/mol. The van der Waals surface area contributed by atoms with Gasteiger partial charge in [0, 0.05) is 24.3 Å². The molecule has 1 amide bonds. The molecule has 0 atom stereocenters. The van der Waals surface area contributed by atoms with Gasteiger partial charge in [-0.25, -0.2) is 4.79 Å². The van der Waals surface area contributed by atoms with Crippen LogP contribution in [0, 0.1) is 13.8 Å². The number of ether oxygens (including phenoxy) is 1. The average molecular weight is 340 g/mol. The lowest BCUT2D eigenvalue weighted by Gasteiger charge is -2.12. The second-order valence-corrected chi connectivity index (χ2v) is 5.87. The van der Waals surface area contributed by atoms with E-state index in [0.29, 0.717) is 30.8 Å². The summed E-state index contributed by atoms with van der Waals surface area (Å²) in [6.45, 7) is 6.51. The molecule has 0 heterocycles. The Labute approximate surface area is 148 Å². The molecule has 0 aromatic heterocycles. The Kier molecular flexibility index (Phi) is 6.57. The molecule has 2 rings (SSSR count). The molecule has 25 heavy (non-hydrogen) atoms. The van der Waals surface area contributed by atoms with Crippen LogP contribution in [0.5, 0.6) is 0 Å². The Bertz CT molecular complexity index is 736. The van der Waals surface area contributed by atoms with Crippen LogP contribution in [0.4, 0.5) is 11.4 Å². The van der Waals surface area contributed by atoms with Gasteiger partial charge in [0.1, 0.15) is 0 Å². The van der Waals surface area contributed by atoms with Crippen LogP contribution in [0.15, 0.2) is 42.5 Å². The predicted molar refractivity (Wildman–Crippen MR) is 100 cm³/mol. The maximum atomic E-state index is 12.1. The maximum Gasteiger partial charge on any atom is 0.340 e. The molecule has 0 spiro atoms. The van der Waals surface area contributed by atoms with Gasteiger partial charge in [0.2, 0.25) is 5.91 Å². The van der Waals surface area contributed by atoms with Crippen LogP contribution in [-0.2, 0) is 9.53 Å². The van der Waals surface area contributed by atoms with E-state index in [0.717, 1.165) is 16.8 Å². The fourth-order valence-corrected chi connectivity index (χ4v) is 2.61. The highest BCUT2D eigenvalue weighted by Crippen LogP contribution is 2.17. The Balaban J connectivity index is 1.90. The summed E-state index contributed by atoms with van der Waals surface area (Å²) >= 11 is 0. The zero-order chi connectivity index (χ0) is 18.2. The van der Waals surface area contributed by atoms with Crippen molar-refractivity contribution in [3.05, 3.63) is 59.2 Å². The second kappa shape index (κ2) is 8.87. The minimum Gasteiger partial charge on any atom is -0.462 e. The van der Waals surface area contributed by atoms with E-state index in [1.807, 2.05) is 32.0 Å². The molecule has 0 saturated carbocycles. The summed E-state index contributed by atoms with van der Waals surface area (Å²) < 4.78 is 5.04. The van der Waals surface area contributed by atoms with Crippen molar-refractivity contribution in [3.8, 4) is 0 Å². The number of para-hydroxylation sites is 1. The van der Waals surface area contributed by atoms with Gasteiger partial charge in [-0.3, -0.25) is 4.79 Å². The van der Waals surface area contributed by atoms with Crippen molar-refractivity contribution in [2.24, 2.45) is 0 Å². The normalized spacial score (nSPS) is 10.2. The highest BCUT2D eigenvalue weighted by Gasteiger charge is 2.11. The first-order valence-electron chi connectivity index (χ1n) is 8.37. The van der Waals surface area contributed by atoms with Crippen LogP contribution in [0.25, 0.3) is 0 Å². The van der Waals surface area contributed by atoms with Gasteiger partial charge in [-0.05, 0) is 56.2 Å². The minimum absolute atomic E-state index is 0.0777. The average Bonchev–Trinajstić information content (AvgIpc) is 2.54. The van der Waals surface area contributed by atoms with E-state index < -0.39 is 0 Å². The second-order valence-electron chi connectivity index (χ2n) is 5.87. The molecule has 5 nitrogen and oxygen atoms in total. The molecule has 0 aliphatic rings. The van der Waals surface area contributed by atoms with Crippen LogP contribution in [0.3, 0.4) is 0 Å². The van der Waals surface area contributed by atoms with Gasteiger partial charge < -0.3 is 15.4 Å². The largest absolute Gasteiger partial charge is 0.462 e. The first kappa shape index (κ1) is 18.5. The molecule has 0 unspecified atom stereocenters. The zero-order valence-corrected chi connectivity index (χ0v) is 14.9. The van der Waals surface area contributed by atoms with Crippen molar-refractivity contribution < 1.29 is 14.3 Å². The zero-order valence-electron chi connectivity index (χ0n) is 14.9. The summed E-state index contributed by atoms with van der Waals surface area (Å²) in [5, 5.41) is 6.03. The number of esters is 1. The van der Waals surface area contributed by atoms with E-state index in [1.54, 1.807) is 25.1 Å². The number of amides is 1. The van der Waals surface area contributed by atoms with Gasteiger partial charge in [0.25, 0.3) is 0 Å². The van der Waals surface area contributed by atoms with Crippen LogP contribution >= 0.6 is 0 Å². The smallest absolute Gasteiger partial charge is 0.340 e. The molecule has 2 N–H and O–H groups in total. The first-order chi connectivity index (χ1) is 12.0. The predicted octanol–water partition coefficient (Wildman–Crippen LogP) is 3.92. The Morgan fingerprint density at radius 3 is 2.40 bits per heavy atom. The molecule has 2 aromatic rings. The number of anilines is 2. The number of aryl methyl sites for hydroxylation is 2. The van der Waals surface area contributed by atoms with E-state index >= 15 is 0 Å². The molecule has 0 aliphatic carbocycles. The molecular formula is C20H24N2O3. The summed E-state index contributed by atoms with van der Waals surface area (Å²) in [5.74, 6) is -0.448. The van der Waals surface area contributed by atoms with E-state index in [2.05, 4.69) is 16.7 Å². The van der Waals surface area contributed by atoms with Crippen molar-refractivity contribution in [2.75, 3.05) is 23.8 Å². The van der Waals surface area contributed by atoms with Gasteiger partial charge in [0.15, 0.2) is 0 Å². The molecule has 0 saturated heterocycles. The number of hydrogen-bond donors (Lipinski definition) is 2. The third-order valence-electron chi connectivity index (χ3n) is 3.60. The van der Waals surface area contributed by atoms with Gasteiger partial charge in [-0.2, -0.15) is 0 Å². The van der Waals surface area contributed by atoms with Gasteiger partial charge in [-0.1, -0.05) is 18.2 Å². The number of rotatable bonds is 7. The van der Waals surface area contributed by atoms with Crippen LogP contribution in [-0.4, -0.2) is 25.0 Å². The van der Waals surface area contributed by atoms with Crippen molar-refractivity contribution in [3.63, 3.8) is 0 Å². The summed E-state index contributed by atoms with van der Waals surface area (Å²) in [6, 6.07) is 13.1. The van der Waals surface area contributed by atoms with Gasteiger partial charge in [0.05, 0.1) is 12.2 Å². The number of nitrogens with one attached hydrogen (secondary N) is 2. The molecule has 0 radical (unpaired) electrons. The number of hydrogen-bond acceptors (Lipinski definition) is 4. The van der Waals surface area contributed by atoms with Crippen LogP contribution < -0.4 is 10.6 Å². The molecule has 0 fully saturated rings. The molecule has 2 aromatic carbocycles. The standard InChI is InChI=1S/C20H24N2O3/c1-4-25-20(24)17-7-5-6-8-18(17)21-10-9-19(23)22-16-12-14(2)11-15(3)13-16/h5-8,11-13,21H,4,9-10H2,1-3H3,(H,22,23). The van der Waals surface area contributed by atoms with E-state index in [9.17, 15) is 9.59 Å². The Morgan fingerprint density at radius 2 is 1.72 bits per heavy atom. The summed E-state index contributed by atoms with van der Waals surface area (Å²) in [7, 11) is 0. The quantitative estimate of drug-likeness (QED) is 0.750. The summed E-state index contributed by atoms with van der Waals surface area (Å²) in [6.07, 6.45) is 0.296. The molecule has 5 heteroatoms. The number of benzene rings is 2.